The number of esters is 2. The van der Waals surface area contributed by atoms with Gasteiger partial charge in [-0.05, 0) is 55.3 Å². The highest BCUT2D eigenvalue weighted by Gasteiger charge is 2.27. The molecular formula is C23H24Cl2N2O5. The summed E-state index contributed by atoms with van der Waals surface area (Å²) in [6.07, 6.45) is 1.59. The van der Waals surface area contributed by atoms with Gasteiger partial charge in [-0.15, -0.1) is 0 Å². The molecule has 1 unspecified atom stereocenters. The van der Waals surface area contributed by atoms with Crippen LogP contribution in [0, 0.1) is 5.92 Å². The maximum absolute atomic E-state index is 13.0. The number of ether oxygens (including phenoxy) is 2. The summed E-state index contributed by atoms with van der Waals surface area (Å²) in [5.74, 6) is -1.67. The molecule has 32 heavy (non-hydrogen) atoms. The number of methoxy groups -OCH3 is 2. The van der Waals surface area contributed by atoms with Crippen molar-refractivity contribution < 1.29 is 23.9 Å². The van der Waals surface area contributed by atoms with Crippen LogP contribution in [-0.2, 0) is 20.8 Å². The van der Waals surface area contributed by atoms with E-state index in [1.165, 1.54) is 32.4 Å². The molecule has 2 aromatic carbocycles. The molecule has 1 atom stereocenters. The van der Waals surface area contributed by atoms with Crippen molar-refractivity contribution >= 4 is 46.7 Å². The van der Waals surface area contributed by atoms with E-state index in [9.17, 15) is 14.4 Å². The van der Waals surface area contributed by atoms with Crippen molar-refractivity contribution in [2.24, 2.45) is 5.92 Å². The van der Waals surface area contributed by atoms with E-state index in [4.69, 9.17) is 32.7 Å². The van der Waals surface area contributed by atoms with Gasteiger partial charge in [0.15, 0.2) is 0 Å². The van der Waals surface area contributed by atoms with Gasteiger partial charge in [-0.2, -0.15) is 0 Å². The molecule has 1 fully saturated rings. The van der Waals surface area contributed by atoms with Crippen LogP contribution >= 0.6 is 23.2 Å². The molecule has 1 aliphatic heterocycles. The van der Waals surface area contributed by atoms with Crippen LogP contribution in [-0.4, -0.2) is 50.1 Å². The minimum Gasteiger partial charge on any atom is -0.465 e. The third-order valence-electron chi connectivity index (χ3n) is 5.33. The van der Waals surface area contributed by atoms with Crippen molar-refractivity contribution in [3.8, 4) is 0 Å². The van der Waals surface area contributed by atoms with Crippen LogP contribution in [0.2, 0.25) is 10.0 Å². The lowest BCUT2D eigenvalue weighted by atomic mass is 9.96. The van der Waals surface area contributed by atoms with Gasteiger partial charge in [0, 0.05) is 28.8 Å². The van der Waals surface area contributed by atoms with Crippen LogP contribution in [0.1, 0.15) is 39.1 Å². The number of amides is 1. The second-order valence-electron chi connectivity index (χ2n) is 7.58. The Morgan fingerprint density at radius 3 is 2.28 bits per heavy atom. The number of rotatable bonds is 6. The molecule has 0 radical (unpaired) electrons. The van der Waals surface area contributed by atoms with Crippen molar-refractivity contribution in [2.45, 2.75) is 19.4 Å². The van der Waals surface area contributed by atoms with Gasteiger partial charge in [0.25, 0.3) is 0 Å². The number of halogens is 2. The van der Waals surface area contributed by atoms with Crippen molar-refractivity contribution in [2.75, 3.05) is 32.6 Å². The van der Waals surface area contributed by atoms with Gasteiger partial charge < -0.3 is 14.8 Å². The fraction of sp³-hybridized carbons (Fsp3) is 0.348. The summed E-state index contributed by atoms with van der Waals surface area (Å²) in [4.78, 5) is 39.1. The average Bonchev–Trinajstić information content (AvgIpc) is 2.79. The summed E-state index contributed by atoms with van der Waals surface area (Å²) < 4.78 is 9.48. The van der Waals surface area contributed by atoms with E-state index in [1.807, 2.05) is 6.07 Å². The van der Waals surface area contributed by atoms with Crippen LogP contribution in [0.3, 0.4) is 0 Å². The third-order valence-corrected chi connectivity index (χ3v) is 5.92. The first-order valence-corrected chi connectivity index (χ1v) is 10.8. The molecular weight excluding hydrogens is 455 g/mol. The van der Waals surface area contributed by atoms with Gasteiger partial charge in [-0.25, -0.2) is 9.59 Å². The molecule has 1 aliphatic rings. The Balaban J connectivity index is 1.72. The highest BCUT2D eigenvalue weighted by molar-refractivity contribution is 6.35. The van der Waals surface area contributed by atoms with Gasteiger partial charge in [0.2, 0.25) is 5.91 Å². The lowest BCUT2D eigenvalue weighted by molar-refractivity contribution is -0.121. The molecule has 0 aliphatic carbocycles. The van der Waals surface area contributed by atoms with Gasteiger partial charge in [-0.1, -0.05) is 29.3 Å². The van der Waals surface area contributed by atoms with Crippen LogP contribution < -0.4 is 5.32 Å². The van der Waals surface area contributed by atoms with Crippen molar-refractivity contribution in [3.63, 3.8) is 0 Å². The number of benzene rings is 2. The number of carbonyl (C=O) groups is 3. The first kappa shape index (κ1) is 24.0. The largest absolute Gasteiger partial charge is 0.465 e. The second kappa shape index (κ2) is 10.8. The van der Waals surface area contributed by atoms with E-state index in [1.54, 1.807) is 12.1 Å². The Labute approximate surface area is 196 Å². The predicted molar refractivity (Wildman–Crippen MR) is 122 cm³/mol. The first-order valence-electron chi connectivity index (χ1n) is 10.1. The van der Waals surface area contributed by atoms with Crippen LogP contribution in [0.25, 0.3) is 0 Å². The maximum atomic E-state index is 13.0. The third kappa shape index (κ3) is 6.00. The second-order valence-corrected chi connectivity index (χ2v) is 8.43. The van der Waals surface area contributed by atoms with Gasteiger partial charge in [0.1, 0.15) is 0 Å². The zero-order valence-electron chi connectivity index (χ0n) is 17.8. The number of likely N-dealkylation sites (tertiary alicyclic amines) is 1. The lowest BCUT2D eigenvalue weighted by Crippen LogP contribution is -2.40. The molecule has 0 bridgehead atoms. The highest BCUT2D eigenvalue weighted by atomic mass is 35.5. The topological polar surface area (TPSA) is 84.9 Å². The minimum absolute atomic E-state index is 0.147. The number of piperidine rings is 1. The molecule has 0 aromatic heterocycles. The molecule has 3 rings (SSSR count). The van der Waals surface area contributed by atoms with E-state index in [-0.39, 0.29) is 23.0 Å². The van der Waals surface area contributed by atoms with E-state index < -0.39 is 11.9 Å². The Morgan fingerprint density at radius 2 is 1.69 bits per heavy atom. The Bertz CT molecular complexity index is 993. The SMILES string of the molecule is COC(=O)c1cc(NC(=O)C2CCCN(Cc3ccc(Cl)cc3Cl)C2)cc(C(=O)OC)c1. The normalized spacial score (nSPS) is 16.3. The van der Waals surface area contributed by atoms with Crippen LogP contribution in [0.4, 0.5) is 5.69 Å². The Hall–Kier alpha value is -2.61. The van der Waals surface area contributed by atoms with Crippen molar-refractivity contribution in [1.29, 1.82) is 0 Å². The monoisotopic (exact) mass is 478 g/mol. The molecule has 2 aromatic rings. The average molecular weight is 479 g/mol. The number of anilines is 1. The number of carbonyl (C=O) groups excluding carboxylic acids is 3. The summed E-state index contributed by atoms with van der Waals surface area (Å²) in [6.45, 7) is 2.03. The van der Waals surface area contributed by atoms with Crippen LogP contribution in [0.15, 0.2) is 36.4 Å². The highest BCUT2D eigenvalue weighted by Crippen LogP contribution is 2.26. The molecule has 1 heterocycles. The van der Waals surface area contributed by atoms with Gasteiger partial charge in [-0.3, -0.25) is 9.69 Å². The van der Waals surface area contributed by atoms with Crippen LogP contribution in [0.5, 0.6) is 0 Å². The van der Waals surface area contributed by atoms with E-state index in [2.05, 4.69) is 10.2 Å². The zero-order valence-corrected chi connectivity index (χ0v) is 19.3. The van der Waals surface area contributed by atoms with Crippen molar-refractivity contribution in [3.05, 3.63) is 63.1 Å². The van der Waals surface area contributed by atoms with Crippen molar-refractivity contribution in [1.82, 2.24) is 4.90 Å². The molecule has 1 N–H and O–H groups in total. The van der Waals surface area contributed by atoms with E-state index in [0.29, 0.717) is 28.8 Å². The molecule has 0 saturated carbocycles. The van der Waals surface area contributed by atoms with E-state index in [0.717, 1.165) is 24.9 Å². The fourth-order valence-electron chi connectivity index (χ4n) is 3.72. The van der Waals surface area contributed by atoms with Gasteiger partial charge >= 0.3 is 11.9 Å². The number of nitrogens with one attached hydrogen (secondary N) is 1. The molecule has 7 nitrogen and oxygen atoms in total. The number of nitrogens with zero attached hydrogens (tertiary/aromatic N) is 1. The van der Waals surface area contributed by atoms with E-state index >= 15 is 0 Å². The first-order chi connectivity index (χ1) is 15.3. The zero-order chi connectivity index (χ0) is 23.3. The Kier molecular flexibility index (Phi) is 8.12. The summed E-state index contributed by atoms with van der Waals surface area (Å²) in [6, 6.07) is 9.71. The quantitative estimate of drug-likeness (QED) is 0.618. The summed E-state index contributed by atoms with van der Waals surface area (Å²) in [7, 11) is 2.49. The molecule has 0 spiro atoms. The standard InChI is InChI=1S/C23H24Cl2N2O5/c1-31-22(29)16-8-17(23(30)32-2)10-19(9-16)26-21(28)15-4-3-7-27(13-15)12-14-5-6-18(24)11-20(14)25/h5-6,8-11,15H,3-4,7,12-13H2,1-2H3,(H,26,28). The predicted octanol–water partition coefficient (Wildman–Crippen LogP) is 4.42. The Morgan fingerprint density at radius 1 is 1.03 bits per heavy atom. The molecule has 1 amide bonds. The minimum atomic E-state index is -0.616. The lowest BCUT2D eigenvalue weighted by Gasteiger charge is -2.32. The summed E-state index contributed by atoms with van der Waals surface area (Å²) >= 11 is 12.3. The smallest absolute Gasteiger partial charge is 0.337 e. The molecule has 170 valence electrons. The number of hydrogen-bond donors (Lipinski definition) is 1. The summed E-state index contributed by atoms with van der Waals surface area (Å²) in [5, 5.41) is 4.00. The fourth-order valence-corrected chi connectivity index (χ4v) is 4.19. The maximum Gasteiger partial charge on any atom is 0.337 e. The van der Waals surface area contributed by atoms with Gasteiger partial charge in [0.05, 0.1) is 31.3 Å². The summed E-state index contributed by atoms with van der Waals surface area (Å²) in [5.41, 5.74) is 1.57. The molecule has 9 heteroatoms. The molecule has 1 saturated heterocycles. The number of hydrogen-bond acceptors (Lipinski definition) is 6.